The number of benzene rings is 1. The lowest BCUT2D eigenvalue weighted by Gasteiger charge is -2.26. The maximum Gasteiger partial charge on any atom is 0.241 e. The zero-order chi connectivity index (χ0) is 14.8. The lowest BCUT2D eigenvalue weighted by Crippen LogP contribution is -2.42. The van der Waals surface area contributed by atoms with Crippen LogP contribution >= 0.6 is 24.0 Å². The summed E-state index contributed by atoms with van der Waals surface area (Å²) in [5, 5.41) is 3.45. The van der Waals surface area contributed by atoms with Crippen molar-refractivity contribution in [3.8, 4) is 0 Å². The highest BCUT2D eigenvalue weighted by atomic mass is 35.5. The molecule has 1 aromatic carbocycles. The van der Waals surface area contributed by atoms with Crippen LogP contribution in [-0.2, 0) is 4.79 Å². The number of likely N-dealkylation sites (tertiary alicyclic amines) is 1. The van der Waals surface area contributed by atoms with Crippen LogP contribution < -0.4 is 11.1 Å². The summed E-state index contributed by atoms with van der Waals surface area (Å²) < 4.78 is 0. The van der Waals surface area contributed by atoms with E-state index in [-0.39, 0.29) is 29.8 Å². The van der Waals surface area contributed by atoms with Crippen LogP contribution in [-0.4, -0.2) is 36.5 Å². The number of hydrogen-bond donors (Lipinski definition) is 2. The van der Waals surface area contributed by atoms with Gasteiger partial charge in [-0.25, -0.2) is 0 Å². The third-order valence-electron chi connectivity index (χ3n) is 4.14. The van der Waals surface area contributed by atoms with Gasteiger partial charge in [-0.3, -0.25) is 9.69 Å². The van der Waals surface area contributed by atoms with Crippen LogP contribution in [0.3, 0.4) is 0 Å². The van der Waals surface area contributed by atoms with Crippen molar-refractivity contribution in [3.05, 3.63) is 29.3 Å². The van der Waals surface area contributed by atoms with Gasteiger partial charge in [0.1, 0.15) is 0 Å². The molecule has 2 atom stereocenters. The summed E-state index contributed by atoms with van der Waals surface area (Å²) in [4.78, 5) is 14.5. The SMILES string of the molecule is CC(C(=O)Nc1ccccc1Cl)N1CCC(C)(CN)C1.Cl. The predicted molar refractivity (Wildman–Crippen MR) is 90.1 cm³/mol. The van der Waals surface area contributed by atoms with Crippen LogP contribution in [0.15, 0.2) is 24.3 Å². The first-order chi connectivity index (χ1) is 9.45. The Bertz CT molecular complexity index is 498. The van der Waals surface area contributed by atoms with Crippen molar-refractivity contribution in [2.45, 2.75) is 26.3 Å². The number of nitrogens with two attached hydrogens (primary N) is 1. The lowest BCUT2D eigenvalue weighted by atomic mass is 9.90. The number of anilines is 1. The van der Waals surface area contributed by atoms with Crippen molar-refractivity contribution >= 4 is 35.6 Å². The summed E-state index contributed by atoms with van der Waals surface area (Å²) in [6.45, 7) is 6.52. The molecule has 6 heteroatoms. The van der Waals surface area contributed by atoms with Gasteiger partial charge in [0.15, 0.2) is 0 Å². The molecule has 2 rings (SSSR count). The number of nitrogens with one attached hydrogen (secondary N) is 1. The van der Waals surface area contributed by atoms with Crippen molar-refractivity contribution in [2.24, 2.45) is 11.1 Å². The van der Waals surface area contributed by atoms with Crippen LogP contribution in [0.2, 0.25) is 5.02 Å². The first-order valence-electron chi connectivity index (χ1n) is 6.95. The molecule has 1 fully saturated rings. The number of halogens is 2. The minimum Gasteiger partial charge on any atom is -0.330 e. The molecule has 1 aromatic rings. The fourth-order valence-corrected chi connectivity index (χ4v) is 2.71. The van der Waals surface area contributed by atoms with Gasteiger partial charge >= 0.3 is 0 Å². The molecule has 1 amide bonds. The fourth-order valence-electron chi connectivity index (χ4n) is 2.52. The van der Waals surface area contributed by atoms with Crippen molar-refractivity contribution in [2.75, 3.05) is 25.0 Å². The highest BCUT2D eigenvalue weighted by Crippen LogP contribution is 2.30. The zero-order valence-electron chi connectivity index (χ0n) is 12.4. The van der Waals surface area contributed by atoms with Gasteiger partial charge in [-0.15, -0.1) is 12.4 Å². The highest BCUT2D eigenvalue weighted by Gasteiger charge is 2.36. The molecular formula is C15H23Cl2N3O. The summed E-state index contributed by atoms with van der Waals surface area (Å²) in [5.74, 6) is -0.0284. The largest absolute Gasteiger partial charge is 0.330 e. The molecule has 4 nitrogen and oxygen atoms in total. The van der Waals surface area contributed by atoms with Crippen molar-refractivity contribution in [3.63, 3.8) is 0 Å². The van der Waals surface area contributed by atoms with Gasteiger partial charge in [0, 0.05) is 6.54 Å². The monoisotopic (exact) mass is 331 g/mol. The van der Waals surface area contributed by atoms with Crippen molar-refractivity contribution in [1.82, 2.24) is 4.90 Å². The van der Waals surface area contributed by atoms with E-state index in [0.717, 1.165) is 19.5 Å². The van der Waals surface area contributed by atoms with Gasteiger partial charge in [0.25, 0.3) is 0 Å². The third kappa shape index (κ3) is 4.33. The second kappa shape index (κ2) is 7.45. The molecule has 21 heavy (non-hydrogen) atoms. The molecule has 118 valence electrons. The summed E-state index contributed by atoms with van der Waals surface area (Å²) in [7, 11) is 0. The van der Waals surface area contributed by atoms with E-state index in [9.17, 15) is 4.79 Å². The first-order valence-corrected chi connectivity index (χ1v) is 7.32. The molecule has 3 N–H and O–H groups in total. The average Bonchev–Trinajstić information content (AvgIpc) is 2.84. The Hall–Kier alpha value is -0.810. The van der Waals surface area contributed by atoms with E-state index in [1.807, 2.05) is 19.1 Å². The first kappa shape index (κ1) is 18.2. The topological polar surface area (TPSA) is 58.4 Å². The maximum atomic E-state index is 12.3. The Kier molecular flexibility index (Phi) is 6.47. The Morgan fingerprint density at radius 3 is 2.76 bits per heavy atom. The van der Waals surface area contributed by atoms with E-state index in [2.05, 4.69) is 17.1 Å². The smallest absolute Gasteiger partial charge is 0.241 e. The molecule has 2 unspecified atom stereocenters. The summed E-state index contributed by atoms with van der Waals surface area (Å²) in [6.07, 6.45) is 1.03. The molecule has 0 spiro atoms. The van der Waals surface area contributed by atoms with E-state index >= 15 is 0 Å². The minimum atomic E-state index is -0.181. The summed E-state index contributed by atoms with van der Waals surface area (Å²) in [5.41, 5.74) is 6.59. The molecule has 0 aromatic heterocycles. The van der Waals surface area contributed by atoms with Crippen LogP contribution in [0.5, 0.6) is 0 Å². The predicted octanol–water partition coefficient (Wildman–Crippen LogP) is 2.76. The van der Waals surface area contributed by atoms with Gasteiger partial charge in [-0.1, -0.05) is 30.7 Å². The Balaban J connectivity index is 0.00000220. The third-order valence-corrected chi connectivity index (χ3v) is 4.47. The van der Waals surface area contributed by atoms with E-state index in [0.29, 0.717) is 17.3 Å². The molecule has 0 aliphatic carbocycles. The zero-order valence-corrected chi connectivity index (χ0v) is 14.0. The molecule has 1 aliphatic heterocycles. The molecule has 1 heterocycles. The molecule has 0 bridgehead atoms. The van der Waals surface area contributed by atoms with E-state index in [1.54, 1.807) is 12.1 Å². The second-order valence-electron chi connectivity index (χ2n) is 5.88. The van der Waals surface area contributed by atoms with Crippen molar-refractivity contribution in [1.29, 1.82) is 0 Å². The molecule has 1 saturated heterocycles. The maximum absolute atomic E-state index is 12.3. The number of hydrogen-bond acceptors (Lipinski definition) is 3. The molecule has 0 saturated carbocycles. The second-order valence-corrected chi connectivity index (χ2v) is 6.29. The van der Waals surface area contributed by atoms with Crippen LogP contribution in [0.4, 0.5) is 5.69 Å². The number of nitrogens with zero attached hydrogens (tertiary/aromatic N) is 1. The van der Waals surface area contributed by atoms with Crippen molar-refractivity contribution < 1.29 is 4.79 Å². The quantitative estimate of drug-likeness (QED) is 0.891. The van der Waals surface area contributed by atoms with Crippen LogP contribution in [0, 0.1) is 5.41 Å². The lowest BCUT2D eigenvalue weighted by molar-refractivity contribution is -0.120. The van der Waals surface area contributed by atoms with E-state index in [1.165, 1.54) is 0 Å². The molecule has 1 aliphatic rings. The minimum absolute atomic E-state index is 0. The number of carbonyl (C=O) groups excluding carboxylic acids is 1. The van der Waals surface area contributed by atoms with Gasteiger partial charge in [0.05, 0.1) is 16.8 Å². The Morgan fingerprint density at radius 2 is 2.19 bits per heavy atom. The van der Waals surface area contributed by atoms with Gasteiger partial charge in [-0.2, -0.15) is 0 Å². The van der Waals surface area contributed by atoms with Gasteiger partial charge in [-0.05, 0) is 44.0 Å². The molecule has 0 radical (unpaired) electrons. The van der Waals surface area contributed by atoms with E-state index in [4.69, 9.17) is 17.3 Å². The molecular weight excluding hydrogens is 309 g/mol. The van der Waals surface area contributed by atoms with Crippen LogP contribution in [0.1, 0.15) is 20.3 Å². The van der Waals surface area contributed by atoms with E-state index < -0.39 is 0 Å². The Morgan fingerprint density at radius 1 is 1.52 bits per heavy atom. The summed E-state index contributed by atoms with van der Waals surface area (Å²) >= 11 is 6.06. The highest BCUT2D eigenvalue weighted by molar-refractivity contribution is 6.33. The standard InChI is InChI=1S/C15H22ClN3O.ClH/c1-11(19-8-7-15(2,9-17)10-19)14(20)18-13-6-4-3-5-12(13)16;/h3-6,11H,7-10,17H2,1-2H3,(H,18,20);1H. The number of rotatable bonds is 4. The fraction of sp³-hybridized carbons (Fsp3) is 0.533. The Labute approximate surface area is 137 Å². The number of amides is 1. The van der Waals surface area contributed by atoms with Gasteiger partial charge < -0.3 is 11.1 Å². The summed E-state index contributed by atoms with van der Waals surface area (Å²) in [6, 6.07) is 7.09. The van der Waals surface area contributed by atoms with Gasteiger partial charge in [0.2, 0.25) is 5.91 Å². The average molecular weight is 332 g/mol. The normalized spacial score (nSPS) is 23.4. The number of carbonyl (C=O) groups is 1. The number of para-hydroxylation sites is 1. The van der Waals surface area contributed by atoms with Crippen LogP contribution in [0.25, 0.3) is 0 Å².